The third-order valence-corrected chi connectivity index (χ3v) is 4.52. The van der Waals surface area contributed by atoms with Crippen LogP contribution in [0.3, 0.4) is 0 Å². The Morgan fingerprint density at radius 1 is 1.14 bits per heavy atom. The molecule has 3 nitrogen and oxygen atoms in total. The Morgan fingerprint density at radius 2 is 1.81 bits per heavy atom. The number of hydrogen-bond acceptors (Lipinski definition) is 3. The molecular weight excluding hydrogens is 287 g/mol. The van der Waals surface area contributed by atoms with E-state index in [1.807, 2.05) is 24.3 Å². The van der Waals surface area contributed by atoms with E-state index in [0.29, 0.717) is 10.6 Å². The molecule has 1 heterocycles. The van der Waals surface area contributed by atoms with Gasteiger partial charge in [0.15, 0.2) is 0 Å². The lowest BCUT2D eigenvalue weighted by Crippen LogP contribution is -2.26. The molecule has 0 saturated carbocycles. The van der Waals surface area contributed by atoms with Crippen LogP contribution in [-0.4, -0.2) is 13.0 Å². The summed E-state index contributed by atoms with van der Waals surface area (Å²) in [4.78, 5) is 14.3. The Balaban J connectivity index is 2.04. The van der Waals surface area contributed by atoms with Crippen molar-refractivity contribution < 1.29 is 9.18 Å². The molecule has 2 aromatic carbocycles. The van der Waals surface area contributed by atoms with E-state index in [-0.39, 0.29) is 11.6 Å². The standard InChI is InChI=1S/C16H13FN2OS/c1-19(12-8-4-3-7-11(12)17)16(20)15-14(18)10-6-2-5-9-13(10)21-15/h2-9H,18H2,1H3. The summed E-state index contributed by atoms with van der Waals surface area (Å²) in [7, 11) is 1.55. The molecule has 5 heteroatoms. The van der Waals surface area contributed by atoms with Crippen molar-refractivity contribution in [1.82, 2.24) is 0 Å². The molecule has 0 aliphatic rings. The Hall–Kier alpha value is -2.40. The summed E-state index contributed by atoms with van der Waals surface area (Å²) < 4.78 is 14.7. The summed E-state index contributed by atoms with van der Waals surface area (Å²) in [6.07, 6.45) is 0. The Morgan fingerprint density at radius 3 is 2.52 bits per heavy atom. The van der Waals surface area contributed by atoms with E-state index in [0.717, 1.165) is 10.1 Å². The average Bonchev–Trinajstić information content (AvgIpc) is 2.84. The minimum Gasteiger partial charge on any atom is -0.397 e. The summed E-state index contributed by atoms with van der Waals surface area (Å²) in [5, 5.41) is 0.854. The average molecular weight is 300 g/mol. The number of benzene rings is 2. The van der Waals surface area contributed by atoms with Crippen molar-refractivity contribution in [2.45, 2.75) is 0 Å². The number of para-hydroxylation sites is 1. The molecule has 0 saturated heterocycles. The molecule has 0 spiro atoms. The van der Waals surface area contributed by atoms with Crippen molar-refractivity contribution in [2.75, 3.05) is 17.7 Å². The van der Waals surface area contributed by atoms with Crippen LogP contribution in [0.4, 0.5) is 15.8 Å². The van der Waals surface area contributed by atoms with E-state index in [4.69, 9.17) is 5.73 Å². The maximum absolute atomic E-state index is 13.8. The molecule has 1 aromatic heterocycles. The molecule has 0 aliphatic carbocycles. The lowest BCUT2D eigenvalue weighted by atomic mass is 10.2. The van der Waals surface area contributed by atoms with Gasteiger partial charge in [0, 0.05) is 17.1 Å². The van der Waals surface area contributed by atoms with E-state index in [1.165, 1.54) is 22.3 Å². The summed E-state index contributed by atoms with van der Waals surface area (Å²) >= 11 is 1.32. The first-order chi connectivity index (χ1) is 10.1. The fourth-order valence-corrected chi connectivity index (χ4v) is 3.31. The van der Waals surface area contributed by atoms with Gasteiger partial charge in [-0.2, -0.15) is 0 Å². The second-order valence-electron chi connectivity index (χ2n) is 4.66. The molecule has 0 aliphatic heterocycles. The molecule has 21 heavy (non-hydrogen) atoms. The van der Waals surface area contributed by atoms with Crippen LogP contribution in [0.5, 0.6) is 0 Å². The van der Waals surface area contributed by atoms with Crippen molar-refractivity contribution in [2.24, 2.45) is 0 Å². The normalized spacial score (nSPS) is 10.8. The Labute approximate surface area is 125 Å². The van der Waals surface area contributed by atoms with Gasteiger partial charge in [-0.3, -0.25) is 4.79 Å². The van der Waals surface area contributed by atoms with Gasteiger partial charge in [0.25, 0.3) is 5.91 Å². The zero-order valence-electron chi connectivity index (χ0n) is 11.3. The first-order valence-electron chi connectivity index (χ1n) is 6.39. The number of anilines is 2. The van der Waals surface area contributed by atoms with Crippen molar-refractivity contribution in [3.05, 3.63) is 59.2 Å². The molecule has 0 unspecified atom stereocenters. The number of nitrogen functional groups attached to an aromatic ring is 1. The first kappa shape index (κ1) is 13.6. The zero-order valence-corrected chi connectivity index (χ0v) is 12.2. The van der Waals surface area contributed by atoms with Crippen molar-refractivity contribution in [1.29, 1.82) is 0 Å². The number of carbonyl (C=O) groups is 1. The van der Waals surface area contributed by atoms with Crippen LogP contribution in [0.2, 0.25) is 0 Å². The van der Waals surface area contributed by atoms with Gasteiger partial charge in [0.2, 0.25) is 0 Å². The fourth-order valence-electron chi connectivity index (χ4n) is 2.21. The molecule has 0 bridgehead atoms. The second-order valence-corrected chi connectivity index (χ2v) is 5.71. The number of carbonyl (C=O) groups excluding carboxylic acids is 1. The molecule has 2 N–H and O–H groups in total. The van der Waals surface area contributed by atoms with Gasteiger partial charge in [-0.1, -0.05) is 30.3 Å². The quantitative estimate of drug-likeness (QED) is 0.780. The van der Waals surface area contributed by atoms with Crippen LogP contribution in [0, 0.1) is 5.82 Å². The molecule has 0 fully saturated rings. The molecule has 0 radical (unpaired) electrons. The highest BCUT2D eigenvalue weighted by Crippen LogP contribution is 2.34. The monoisotopic (exact) mass is 300 g/mol. The predicted molar refractivity (Wildman–Crippen MR) is 85.4 cm³/mol. The maximum Gasteiger partial charge on any atom is 0.270 e. The van der Waals surface area contributed by atoms with Crippen LogP contribution in [0.15, 0.2) is 48.5 Å². The third kappa shape index (κ3) is 2.25. The van der Waals surface area contributed by atoms with E-state index >= 15 is 0 Å². The molecule has 1 amide bonds. The van der Waals surface area contributed by atoms with Gasteiger partial charge in [0.1, 0.15) is 10.7 Å². The maximum atomic E-state index is 13.8. The van der Waals surface area contributed by atoms with E-state index in [9.17, 15) is 9.18 Å². The van der Waals surface area contributed by atoms with Crippen LogP contribution >= 0.6 is 11.3 Å². The number of thiophene rings is 1. The van der Waals surface area contributed by atoms with Crippen LogP contribution in [-0.2, 0) is 0 Å². The molecule has 3 aromatic rings. The molecular formula is C16H13FN2OS. The lowest BCUT2D eigenvalue weighted by Gasteiger charge is -2.17. The number of nitrogens with zero attached hydrogens (tertiary/aromatic N) is 1. The van der Waals surface area contributed by atoms with Gasteiger partial charge < -0.3 is 10.6 Å². The lowest BCUT2D eigenvalue weighted by molar-refractivity contribution is 0.0997. The molecule has 3 rings (SSSR count). The van der Waals surface area contributed by atoms with Crippen LogP contribution in [0.1, 0.15) is 9.67 Å². The first-order valence-corrected chi connectivity index (χ1v) is 7.21. The fraction of sp³-hybridized carbons (Fsp3) is 0.0625. The summed E-state index contributed by atoms with van der Waals surface area (Å²) in [5.41, 5.74) is 6.75. The zero-order chi connectivity index (χ0) is 15.0. The van der Waals surface area contributed by atoms with Gasteiger partial charge in [-0.05, 0) is 18.2 Å². The highest BCUT2D eigenvalue weighted by molar-refractivity contribution is 7.21. The van der Waals surface area contributed by atoms with E-state index in [1.54, 1.807) is 25.2 Å². The minimum absolute atomic E-state index is 0.236. The van der Waals surface area contributed by atoms with Gasteiger partial charge in [-0.15, -0.1) is 11.3 Å². The van der Waals surface area contributed by atoms with Crippen molar-refractivity contribution in [3.63, 3.8) is 0 Å². The minimum atomic E-state index is -0.437. The summed E-state index contributed by atoms with van der Waals surface area (Å²) in [6.45, 7) is 0. The number of rotatable bonds is 2. The summed E-state index contributed by atoms with van der Waals surface area (Å²) in [5.74, 6) is -0.744. The van der Waals surface area contributed by atoms with Gasteiger partial charge in [0.05, 0.1) is 11.4 Å². The van der Waals surface area contributed by atoms with Crippen molar-refractivity contribution >= 4 is 38.7 Å². The third-order valence-electron chi connectivity index (χ3n) is 3.35. The topological polar surface area (TPSA) is 46.3 Å². The second kappa shape index (κ2) is 5.18. The molecule has 106 valence electrons. The SMILES string of the molecule is CN(C(=O)c1sc2ccccc2c1N)c1ccccc1F. The Kier molecular flexibility index (Phi) is 3.35. The highest BCUT2D eigenvalue weighted by atomic mass is 32.1. The predicted octanol–water partition coefficient (Wildman–Crippen LogP) is 3.90. The highest BCUT2D eigenvalue weighted by Gasteiger charge is 2.22. The van der Waals surface area contributed by atoms with E-state index in [2.05, 4.69) is 0 Å². The van der Waals surface area contributed by atoms with Crippen molar-refractivity contribution in [3.8, 4) is 0 Å². The smallest absolute Gasteiger partial charge is 0.270 e. The number of hydrogen-bond donors (Lipinski definition) is 1. The van der Waals surface area contributed by atoms with Gasteiger partial charge >= 0.3 is 0 Å². The van der Waals surface area contributed by atoms with E-state index < -0.39 is 5.82 Å². The largest absolute Gasteiger partial charge is 0.397 e. The van der Waals surface area contributed by atoms with Crippen LogP contribution in [0.25, 0.3) is 10.1 Å². The number of nitrogens with two attached hydrogens (primary N) is 1. The number of amides is 1. The number of halogens is 1. The summed E-state index contributed by atoms with van der Waals surface area (Å²) in [6, 6.07) is 13.7. The van der Waals surface area contributed by atoms with Gasteiger partial charge in [-0.25, -0.2) is 4.39 Å². The molecule has 0 atom stereocenters. The Bertz CT molecular complexity index is 828. The number of fused-ring (bicyclic) bond motifs is 1. The van der Waals surface area contributed by atoms with Crippen LogP contribution < -0.4 is 10.6 Å².